The Bertz CT molecular complexity index is 1870. The first-order valence-electron chi connectivity index (χ1n) is 13.0. The summed E-state index contributed by atoms with van der Waals surface area (Å²) in [7, 11) is 0. The van der Waals surface area contributed by atoms with Gasteiger partial charge in [0.2, 0.25) is 0 Å². The van der Waals surface area contributed by atoms with Gasteiger partial charge in [0, 0.05) is 45.6 Å². The van der Waals surface area contributed by atoms with Gasteiger partial charge in [0.05, 0.1) is 11.2 Å². The molecule has 0 radical (unpaired) electrons. The van der Waals surface area contributed by atoms with Crippen LogP contribution in [0.1, 0.15) is 0 Å². The number of para-hydroxylation sites is 1. The number of hydrogen-bond donors (Lipinski definition) is 0. The average molecular weight is 515 g/mol. The van der Waals surface area contributed by atoms with E-state index in [0.29, 0.717) is 23.3 Å². The Morgan fingerprint density at radius 1 is 0.350 bits per heavy atom. The summed E-state index contributed by atoms with van der Waals surface area (Å²) in [6.45, 7) is 0. The molecule has 0 bridgehead atoms. The number of pyridine rings is 1. The molecule has 4 aromatic carbocycles. The Labute approximate surface area is 231 Å². The molecule has 0 saturated carbocycles. The molecule has 0 saturated heterocycles. The van der Waals surface area contributed by atoms with E-state index in [0.717, 1.165) is 44.4 Å². The Hall–Kier alpha value is -5.62. The number of rotatable bonds is 5. The summed E-state index contributed by atoms with van der Waals surface area (Å²) < 4.78 is 0. The fraction of sp³-hybridized carbons (Fsp3) is 0. The summed E-state index contributed by atoms with van der Waals surface area (Å²) >= 11 is 0. The third-order valence-electron chi connectivity index (χ3n) is 6.64. The lowest BCUT2D eigenvalue weighted by Crippen LogP contribution is -2.00. The summed E-state index contributed by atoms with van der Waals surface area (Å²) in [5.41, 5.74) is 6.37. The molecular formula is C34H22N6. The first-order valence-corrected chi connectivity index (χ1v) is 13.0. The summed E-state index contributed by atoms with van der Waals surface area (Å²) in [5.74, 6) is 2.53. The van der Waals surface area contributed by atoms with Crippen molar-refractivity contribution in [1.29, 1.82) is 0 Å². The average Bonchev–Trinajstić information content (AvgIpc) is 3.05. The van der Waals surface area contributed by atoms with E-state index in [1.807, 2.05) is 103 Å². The molecule has 0 aliphatic heterocycles. The maximum atomic E-state index is 4.96. The minimum atomic E-state index is 0.614. The van der Waals surface area contributed by atoms with E-state index in [-0.39, 0.29) is 0 Å². The zero-order valence-electron chi connectivity index (χ0n) is 21.4. The van der Waals surface area contributed by atoms with Crippen molar-refractivity contribution in [3.63, 3.8) is 0 Å². The molecule has 3 aromatic heterocycles. The molecule has 7 rings (SSSR count). The zero-order chi connectivity index (χ0) is 26.7. The molecule has 0 spiro atoms. The van der Waals surface area contributed by atoms with Gasteiger partial charge < -0.3 is 0 Å². The molecule has 0 N–H and O–H groups in total. The number of nitrogens with zero attached hydrogens (tertiary/aromatic N) is 6. The number of aromatic nitrogens is 6. The maximum absolute atomic E-state index is 4.96. The zero-order valence-corrected chi connectivity index (χ0v) is 21.4. The SMILES string of the molecule is c1ccc(-c2nc(-c3ccccc3)nc(-c3ccc(-c4nc(-c5cccnc5)nc5ccccc45)cc3)n2)cc1. The molecule has 7 aromatic rings. The molecule has 0 aliphatic carbocycles. The normalized spacial score (nSPS) is 11.0. The van der Waals surface area contributed by atoms with Gasteiger partial charge >= 0.3 is 0 Å². The lowest BCUT2D eigenvalue weighted by atomic mass is 10.0. The van der Waals surface area contributed by atoms with Gasteiger partial charge in [0.1, 0.15) is 0 Å². The third-order valence-corrected chi connectivity index (χ3v) is 6.64. The third kappa shape index (κ3) is 4.59. The van der Waals surface area contributed by atoms with Gasteiger partial charge in [-0.1, -0.05) is 103 Å². The Kier molecular flexibility index (Phi) is 6.03. The second-order valence-corrected chi connectivity index (χ2v) is 9.27. The van der Waals surface area contributed by atoms with Crippen LogP contribution in [0.15, 0.2) is 134 Å². The fourth-order valence-corrected chi connectivity index (χ4v) is 4.64. The van der Waals surface area contributed by atoms with Crippen LogP contribution < -0.4 is 0 Å². The van der Waals surface area contributed by atoms with Crippen LogP contribution in [-0.4, -0.2) is 29.9 Å². The molecule has 0 atom stereocenters. The van der Waals surface area contributed by atoms with Crippen molar-refractivity contribution in [3.8, 4) is 56.8 Å². The summed E-state index contributed by atoms with van der Waals surface area (Å²) in [6, 6.07) is 40.1. The highest BCUT2D eigenvalue weighted by molar-refractivity contribution is 5.93. The van der Waals surface area contributed by atoms with Gasteiger partial charge in [-0.15, -0.1) is 0 Å². The van der Waals surface area contributed by atoms with Gasteiger partial charge in [-0.3, -0.25) is 4.98 Å². The number of benzene rings is 4. The van der Waals surface area contributed by atoms with Crippen LogP contribution >= 0.6 is 0 Å². The topological polar surface area (TPSA) is 77.3 Å². The summed E-state index contributed by atoms with van der Waals surface area (Å²) in [5, 5.41) is 0.987. The molecule has 40 heavy (non-hydrogen) atoms. The van der Waals surface area contributed by atoms with Gasteiger partial charge in [0.15, 0.2) is 23.3 Å². The Morgan fingerprint density at radius 2 is 0.850 bits per heavy atom. The molecule has 0 aliphatic rings. The molecule has 188 valence electrons. The predicted octanol–water partition coefficient (Wildman–Crippen LogP) is 7.54. The van der Waals surface area contributed by atoms with E-state index in [1.54, 1.807) is 12.4 Å². The van der Waals surface area contributed by atoms with Crippen molar-refractivity contribution in [3.05, 3.63) is 134 Å². The minimum absolute atomic E-state index is 0.614. The molecule has 6 nitrogen and oxygen atoms in total. The molecule has 0 amide bonds. The quantitative estimate of drug-likeness (QED) is 0.236. The van der Waals surface area contributed by atoms with E-state index in [9.17, 15) is 0 Å². The standard InChI is InChI=1S/C34H22N6/c1-3-10-24(11-4-1)31-38-32(25-12-5-2-6-13-25)40-33(39-31)26-19-17-23(18-20-26)30-28-15-7-8-16-29(28)36-34(37-30)27-14-9-21-35-22-27/h1-22H. The second-order valence-electron chi connectivity index (χ2n) is 9.27. The monoisotopic (exact) mass is 514 g/mol. The Morgan fingerprint density at radius 3 is 1.45 bits per heavy atom. The van der Waals surface area contributed by atoms with Crippen molar-refractivity contribution in [2.24, 2.45) is 0 Å². The van der Waals surface area contributed by atoms with Gasteiger partial charge in [0.25, 0.3) is 0 Å². The van der Waals surface area contributed by atoms with E-state index in [4.69, 9.17) is 24.9 Å². The first kappa shape index (κ1) is 23.5. The second kappa shape index (κ2) is 10.3. The first-order chi connectivity index (χ1) is 19.8. The minimum Gasteiger partial charge on any atom is -0.264 e. The van der Waals surface area contributed by atoms with Crippen molar-refractivity contribution < 1.29 is 0 Å². The van der Waals surface area contributed by atoms with Gasteiger partial charge in [-0.05, 0) is 18.2 Å². The molecule has 6 heteroatoms. The van der Waals surface area contributed by atoms with Crippen molar-refractivity contribution >= 4 is 10.9 Å². The molecule has 0 fully saturated rings. The maximum Gasteiger partial charge on any atom is 0.164 e. The van der Waals surface area contributed by atoms with Crippen LogP contribution in [0.25, 0.3) is 67.7 Å². The Balaban J connectivity index is 1.33. The van der Waals surface area contributed by atoms with Crippen LogP contribution in [0.2, 0.25) is 0 Å². The van der Waals surface area contributed by atoms with Crippen LogP contribution in [0, 0.1) is 0 Å². The van der Waals surface area contributed by atoms with Crippen LogP contribution in [-0.2, 0) is 0 Å². The van der Waals surface area contributed by atoms with Crippen molar-refractivity contribution in [1.82, 2.24) is 29.9 Å². The fourth-order valence-electron chi connectivity index (χ4n) is 4.64. The highest BCUT2D eigenvalue weighted by Crippen LogP contribution is 2.31. The van der Waals surface area contributed by atoms with E-state index < -0.39 is 0 Å². The largest absolute Gasteiger partial charge is 0.264 e. The highest BCUT2D eigenvalue weighted by Gasteiger charge is 2.14. The van der Waals surface area contributed by atoms with E-state index in [2.05, 4.69) is 23.2 Å². The van der Waals surface area contributed by atoms with E-state index >= 15 is 0 Å². The smallest absolute Gasteiger partial charge is 0.164 e. The van der Waals surface area contributed by atoms with Crippen LogP contribution in [0.3, 0.4) is 0 Å². The molecule has 3 heterocycles. The van der Waals surface area contributed by atoms with Crippen molar-refractivity contribution in [2.45, 2.75) is 0 Å². The van der Waals surface area contributed by atoms with Crippen LogP contribution in [0.5, 0.6) is 0 Å². The van der Waals surface area contributed by atoms with Gasteiger partial charge in [-0.25, -0.2) is 24.9 Å². The molecular weight excluding hydrogens is 492 g/mol. The molecule has 0 unspecified atom stereocenters. The highest BCUT2D eigenvalue weighted by atomic mass is 15.0. The lowest BCUT2D eigenvalue weighted by Gasteiger charge is -2.11. The van der Waals surface area contributed by atoms with E-state index in [1.165, 1.54) is 0 Å². The summed E-state index contributed by atoms with van der Waals surface area (Å²) in [4.78, 5) is 28.5. The predicted molar refractivity (Wildman–Crippen MR) is 158 cm³/mol. The van der Waals surface area contributed by atoms with Crippen molar-refractivity contribution in [2.75, 3.05) is 0 Å². The van der Waals surface area contributed by atoms with Crippen LogP contribution in [0.4, 0.5) is 0 Å². The van der Waals surface area contributed by atoms with Gasteiger partial charge in [-0.2, -0.15) is 0 Å². The lowest BCUT2D eigenvalue weighted by molar-refractivity contribution is 1.07. The number of fused-ring (bicyclic) bond motifs is 1. The summed E-state index contributed by atoms with van der Waals surface area (Å²) in [6.07, 6.45) is 3.53. The number of hydrogen-bond acceptors (Lipinski definition) is 6.